The van der Waals surface area contributed by atoms with E-state index in [0.29, 0.717) is 23.0 Å². The van der Waals surface area contributed by atoms with Crippen molar-refractivity contribution in [2.24, 2.45) is 0 Å². The van der Waals surface area contributed by atoms with Gasteiger partial charge in [0.05, 0.1) is 35.3 Å². The summed E-state index contributed by atoms with van der Waals surface area (Å²) in [7, 11) is 0. The number of hydrogen-bond acceptors (Lipinski definition) is 6. The van der Waals surface area contributed by atoms with Gasteiger partial charge in [-0.2, -0.15) is 5.26 Å². The Morgan fingerprint density at radius 2 is 2.00 bits per heavy atom. The minimum atomic E-state index is -2.67. The van der Waals surface area contributed by atoms with Crippen LogP contribution in [-0.2, 0) is 0 Å². The highest BCUT2D eigenvalue weighted by Crippen LogP contribution is 2.29. The summed E-state index contributed by atoms with van der Waals surface area (Å²) in [4.78, 5) is 12.8. The first kappa shape index (κ1) is 19.3. The van der Waals surface area contributed by atoms with Crippen LogP contribution in [0.1, 0.15) is 36.1 Å². The van der Waals surface area contributed by atoms with E-state index in [-0.39, 0.29) is 22.8 Å². The molecule has 0 bridgehead atoms. The van der Waals surface area contributed by atoms with Crippen molar-refractivity contribution in [3.8, 4) is 17.5 Å². The van der Waals surface area contributed by atoms with Gasteiger partial charge in [-0.05, 0) is 36.8 Å². The Morgan fingerprint density at radius 1 is 1.17 bits per heavy atom. The fourth-order valence-electron chi connectivity index (χ4n) is 3.21. The van der Waals surface area contributed by atoms with Gasteiger partial charge in [-0.1, -0.05) is 12.1 Å². The van der Waals surface area contributed by atoms with E-state index < -0.39 is 6.43 Å². The van der Waals surface area contributed by atoms with Crippen LogP contribution in [0.2, 0.25) is 0 Å². The van der Waals surface area contributed by atoms with E-state index in [1.54, 1.807) is 12.3 Å². The Morgan fingerprint density at radius 3 is 2.73 bits per heavy atom. The molecule has 0 aliphatic heterocycles. The number of benzene rings is 1. The number of fused-ring (bicyclic) bond motifs is 1. The highest BCUT2D eigenvalue weighted by Gasteiger charge is 2.19. The summed E-state index contributed by atoms with van der Waals surface area (Å²) < 4.78 is 28.1. The molecular weight excluding hydrogens is 388 g/mol. The van der Waals surface area contributed by atoms with E-state index in [4.69, 9.17) is 5.73 Å². The molecule has 3 heterocycles. The van der Waals surface area contributed by atoms with Crippen LogP contribution in [0.4, 0.5) is 20.4 Å². The quantitative estimate of drug-likeness (QED) is 0.478. The van der Waals surface area contributed by atoms with Crippen molar-refractivity contribution in [3.63, 3.8) is 0 Å². The zero-order chi connectivity index (χ0) is 21.3. The molecule has 30 heavy (non-hydrogen) atoms. The lowest BCUT2D eigenvalue weighted by Crippen LogP contribution is -2.11. The summed E-state index contributed by atoms with van der Waals surface area (Å²) in [6, 6.07) is 12.1. The zero-order valence-corrected chi connectivity index (χ0v) is 15.9. The summed E-state index contributed by atoms with van der Waals surface area (Å²) in [5.41, 5.74) is 8.29. The molecule has 150 valence electrons. The smallest absolute Gasteiger partial charge is 0.267 e. The van der Waals surface area contributed by atoms with Gasteiger partial charge in [-0.15, -0.1) is 0 Å². The van der Waals surface area contributed by atoms with E-state index in [1.165, 1.54) is 28.9 Å². The Labute approximate surface area is 170 Å². The normalized spacial score (nSPS) is 12.1. The van der Waals surface area contributed by atoms with Crippen molar-refractivity contribution in [2.45, 2.75) is 19.4 Å². The number of nitrogens with zero attached hydrogens (tertiary/aromatic N) is 5. The van der Waals surface area contributed by atoms with Gasteiger partial charge in [0.1, 0.15) is 17.4 Å². The summed E-state index contributed by atoms with van der Waals surface area (Å²) in [6.45, 7) is 1.93. The average Bonchev–Trinajstić information content (AvgIpc) is 3.17. The van der Waals surface area contributed by atoms with Gasteiger partial charge in [0.25, 0.3) is 6.43 Å². The lowest BCUT2D eigenvalue weighted by molar-refractivity contribution is 0.152. The van der Waals surface area contributed by atoms with Gasteiger partial charge >= 0.3 is 0 Å². The first-order valence-electron chi connectivity index (χ1n) is 9.11. The number of anilines is 2. The number of nitrogen functional groups attached to an aromatic ring is 1. The fourth-order valence-corrected chi connectivity index (χ4v) is 3.21. The number of alkyl halides is 2. The maximum atomic E-state index is 13.3. The van der Waals surface area contributed by atoms with Crippen LogP contribution in [0.5, 0.6) is 0 Å². The standard InChI is InChI=1S/C21H17F2N7/c1-12(13-4-2-5-15(25)8-13)28-21-27-10-14(9-24)18(29-21)17-11-26-20-16(19(22)23)6-3-7-30(17)20/h2-8,10-12,19H,25H2,1H3,(H,27,28,29)/t12-/m0/s1. The number of nitriles is 1. The summed E-state index contributed by atoms with van der Waals surface area (Å²) in [5, 5.41) is 12.7. The van der Waals surface area contributed by atoms with Crippen LogP contribution in [0.15, 0.2) is 55.0 Å². The number of rotatable bonds is 5. The average molecular weight is 405 g/mol. The molecular formula is C21H17F2N7. The lowest BCUT2D eigenvalue weighted by atomic mass is 10.1. The Hall–Kier alpha value is -4.06. The van der Waals surface area contributed by atoms with E-state index in [0.717, 1.165) is 5.56 Å². The number of hydrogen-bond donors (Lipinski definition) is 2. The van der Waals surface area contributed by atoms with Gasteiger partial charge in [-0.25, -0.2) is 23.7 Å². The van der Waals surface area contributed by atoms with Crippen molar-refractivity contribution in [2.75, 3.05) is 11.1 Å². The molecule has 0 aliphatic rings. The number of nitrogens with one attached hydrogen (secondary N) is 1. The second-order valence-electron chi connectivity index (χ2n) is 6.71. The topological polar surface area (TPSA) is 105 Å². The van der Waals surface area contributed by atoms with E-state index in [1.807, 2.05) is 31.2 Å². The van der Waals surface area contributed by atoms with Gasteiger partial charge in [0, 0.05) is 11.9 Å². The highest BCUT2D eigenvalue weighted by molar-refractivity contribution is 5.68. The minimum Gasteiger partial charge on any atom is -0.399 e. The summed E-state index contributed by atoms with van der Waals surface area (Å²) in [6.07, 6.45) is 1.76. The van der Waals surface area contributed by atoms with Crippen LogP contribution in [0.3, 0.4) is 0 Å². The van der Waals surface area contributed by atoms with Crippen molar-refractivity contribution in [1.29, 1.82) is 5.26 Å². The third-order valence-electron chi connectivity index (χ3n) is 4.71. The van der Waals surface area contributed by atoms with Crippen molar-refractivity contribution in [1.82, 2.24) is 19.4 Å². The molecule has 0 spiro atoms. The first-order chi connectivity index (χ1) is 14.5. The van der Waals surface area contributed by atoms with Crippen molar-refractivity contribution < 1.29 is 8.78 Å². The van der Waals surface area contributed by atoms with E-state index in [9.17, 15) is 14.0 Å². The molecule has 0 saturated heterocycles. The van der Waals surface area contributed by atoms with Crippen LogP contribution in [-0.4, -0.2) is 19.4 Å². The second-order valence-corrected chi connectivity index (χ2v) is 6.71. The molecule has 7 nitrogen and oxygen atoms in total. The molecule has 0 fully saturated rings. The molecule has 3 N–H and O–H groups in total. The Kier molecular flexibility index (Phi) is 4.98. The van der Waals surface area contributed by atoms with Crippen molar-refractivity contribution in [3.05, 3.63) is 71.7 Å². The number of imidazole rings is 1. The van der Waals surface area contributed by atoms with Crippen LogP contribution in [0.25, 0.3) is 17.0 Å². The maximum absolute atomic E-state index is 13.3. The molecule has 1 aromatic carbocycles. The molecule has 1 atom stereocenters. The van der Waals surface area contributed by atoms with Gasteiger partial charge in [-0.3, -0.25) is 4.40 Å². The molecule has 0 aliphatic carbocycles. The van der Waals surface area contributed by atoms with Crippen LogP contribution >= 0.6 is 0 Å². The van der Waals surface area contributed by atoms with Crippen molar-refractivity contribution >= 4 is 17.3 Å². The van der Waals surface area contributed by atoms with Gasteiger partial charge < -0.3 is 11.1 Å². The highest BCUT2D eigenvalue weighted by atomic mass is 19.3. The first-order valence-corrected chi connectivity index (χ1v) is 9.11. The molecule has 0 amide bonds. The maximum Gasteiger partial charge on any atom is 0.267 e. The number of nitrogens with two attached hydrogens (primary N) is 1. The molecule has 4 rings (SSSR count). The molecule has 3 aromatic heterocycles. The Bertz CT molecular complexity index is 1260. The molecule has 0 saturated carbocycles. The fraction of sp³-hybridized carbons (Fsp3) is 0.143. The zero-order valence-electron chi connectivity index (χ0n) is 15.9. The Balaban J connectivity index is 1.75. The number of aromatic nitrogens is 4. The molecule has 9 heteroatoms. The largest absolute Gasteiger partial charge is 0.399 e. The lowest BCUT2D eigenvalue weighted by Gasteiger charge is -2.15. The third-order valence-corrected chi connectivity index (χ3v) is 4.71. The van der Waals surface area contributed by atoms with Crippen LogP contribution < -0.4 is 11.1 Å². The minimum absolute atomic E-state index is 0.118. The van der Waals surface area contributed by atoms with Gasteiger partial charge in [0.15, 0.2) is 0 Å². The summed E-state index contributed by atoms with van der Waals surface area (Å²) >= 11 is 0. The number of pyridine rings is 1. The monoisotopic (exact) mass is 405 g/mol. The van der Waals surface area contributed by atoms with E-state index >= 15 is 0 Å². The third kappa shape index (κ3) is 3.51. The second kappa shape index (κ2) is 7.75. The summed E-state index contributed by atoms with van der Waals surface area (Å²) in [5.74, 6) is 0.291. The van der Waals surface area contributed by atoms with Crippen LogP contribution in [0, 0.1) is 11.3 Å². The van der Waals surface area contributed by atoms with E-state index in [2.05, 4.69) is 20.3 Å². The predicted octanol–water partition coefficient (Wildman–Crippen LogP) is 4.36. The molecule has 0 unspecified atom stereocenters. The molecule has 4 aromatic rings. The van der Waals surface area contributed by atoms with Gasteiger partial charge in [0.2, 0.25) is 5.95 Å². The number of halogens is 2. The molecule has 0 radical (unpaired) electrons. The SMILES string of the molecule is C[C@H](Nc1ncc(C#N)c(-c2cnc3c(C(F)F)cccn23)n1)c1cccc(N)c1. The predicted molar refractivity (Wildman–Crippen MR) is 109 cm³/mol.